The van der Waals surface area contributed by atoms with Crippen molar-refractivity contribution in [3.8, 4) is 0 Å². The van der Waals surface area contributed by atoms with Crippen LogP contribution in [-0.4, -0.2) is 25.9 Å². The molecule has 0 aromatic heterocycles. The van der Waals surface area contributed by atoms with E-state index in [2.05, 4.69) is 44.2 Å². The van der Waals surface area contributed by atoms with E-state index < -0.39 is 0 Å². The first-order valence-electron chi connectivity index (χ1n) is 18.1. The van der Waals surface area contributed by atoms with Gasteiger partial charge in [0.25, 0.3) is 0 Å². The van der Waals surface area contributed by atoms with Crippen molar-refractivity contribution in [2.45, 2.75) is 187 Å². The fourth-order valence-corrected chi connectivity index (χ4v) is 5.64. The highest BCUT2D eigenvalue weighted by Gasteiger charge is 2.10. The van der Waals surface area contributed by atoms with E-state index in [4.69, 9.17) is 9.47 Å². The molecule has 0 heterocycles. The van der Waals surface area contributed by atoms with E-state index >= 15 is 0 Å². The topological polar surface area (TPSA) is 18.5 Å². The minimum Gasteiger partial charge on any atom is -0.379 e. The summed E-state index contributed by atoms with van der Waals surface area (Å²) in [5.41, 5.74) is 1.41. The highest BCUT2D eigenvalue weighted by atomic mass is 16.5. The van der Waals surface area contributed by atoms with Gasteiger partial charge in [-0.05, 0) is 31.2 Å². The highest BCUT2D eigenvalue weighted by molar-refractivity contribution is 5.14. The lowest BCUT2D eigenvalue weighted by atomic mass is 10.1. The lowest BCUT2D eigenvalue weighted by Crippen LogP contribution is -2.22. The van der Waals surface area contributed by atoms with Crippen LogP contribution in [-0.2, 0) is 15.9 Å². The molecule has 1 aromatic carbocycles. The van der Waals surface area contributed by atoms with Crippen LogP contribution in [0, 0.1) is 0 Å². The number of ether oxygens (including phenoxy) is 2. The zero-order chi connectivity index (χ0) is 28.6. The van der Waals surface area contributed by atoms with Crippen molar-refractivity contribution in [1.29, 1.82) is 0 Å². The molecular formula is C38H70O2. The van der Waals surface area contributed by atoms with E-state index in [1.54, 1.807) is 0 Å². The molecular weight excluding hydrogens is 488 g/mol. The molecule has 0 amide bonds. The van der Waals surface area contributed by atoms with Crippen LogP contribution in [0.1, 0.15) is 180 Å². The molecule has 0 N–H and O–H groups in total. The highest BCUT2D eigenvalue weighted by Crippen LogP contribution is 2.14. The molecule has 2 nitrogen and oxygen atoms in total. The smallest absolute Gasteiger partial charge is 0.0811 e. The van der Waals surface area contributed by atoms with Crippen LogP contribution in [0.5, 0.6) is 0 Å². The van der Waals surface area contributed by atoms with Crippen LogP contribution in [0.3, 0.4) is 0 Å². The Bertz CT molecular complexity index is 586. The fourth-order valence-electron chi connectivity index (χ4n) is 5.64. The first kappa shape index (κ1) is 37.2. The number of benzene rings is 1. The number of aryl methyl sites for hydroxylation is 1. The zero-order valence-corrected chi connectivity index (χ0v) is 27.3. The summed E-state index contributed by atoms with van der Waals surface area (Å²) in [4.78, 5) is 0. The average molecular weight is 559 g/mol. The van der Waals surface area contributed by atoms with Gasteiger partial charge in [-0.1, -0.05) is 185 Å². The summed E-state index contributed by atoms with van der Waals surface area (Å²) in [5, 5.41) is 0. The summed E-state index contributed by atoms with van der Waals surface area (Å²) in [5.74, 6) is 0. The van der Waals surface area contributed by atoms with Crippen molar-refractivity contribution in [3.05, 3.63) is 35.9 Å². The van der Waals surface area contributed by atoms with E-state index in [0.29, 0.717) is 0 Å². The molecule has 1 atom stereocenters. The van der Waals surface area contributed by atoms with Crippen molar-refractivity contribution in [1.82, 2.24) is 0 Å². The maximum atomic E-state index is 6.34. The van der Waals surface area contributed by atoms with E-state index in [-0.39, 0.29) is 6.10 Å². The molecule has 0 saturated heterocycles. The molecule has 0 bridgehead atoms. The van der Waals surface area contributed by atoms with Gasteiger partial charge in [0.15, 0.2) is 0 Å². The van der Waals surface area contributed by atoms with Gasteiger partial charge >= 0.3 is 0 Å². The Hall–Kier alpha value is -0.860. The Labute approximate surface area is 251 Å². The molecule has 40 heavy (non-hydrogen) atoms. The maximum Gasteiger partial charge on any atom is 0.0811 e. The Morgan fingerprint density at radius 1 is 0.475 bits per heavy atom. The number of hydrogen-bond donors (Lipinski definition) is 0. The van der Waals surface area contributed by atoms with Gasteiger partial charge in [-0.2, -0.15) is 0 Å². The van der Waals surface area contributed by atoms with Gasteiger partial charge in [-0.3, -0.25) is 0 Å². The Morgan fingerprint density at radius 2 is 0.875 bits per heavy atom. The molecule has 0 aliphatic heterocycles. The lowest BCUT2D eigenvalue weighted by Gasteiger charge is -2.18. The van der Waals surface area contributed by atoms with Gasteiger partial charge < -0.3 is 9.47 Å². The van der Waals surface area contributed by atoms with Crippen LogP contribution in [0.25, 0.3) is 0 Å². The van der Waals surface area contributed by atoms with E-state index in [0.717, 1.165) is 32.7 Å². The van der Waals surface area contributed by atoms with Gasteiger partial charge in [-0.15, -0.1) is 0 Å². The third-order valence-corrected chi connectivity index (χ3v) is 8.40. The normalized spacial score (nSPS) is 12.2. The molecule has 234 valence electrons. The summed E-state index contributed by atoms with van der Waals surface area (Å²) in [7, 11) is 0. The summed E-state index contributed by atoms with van der Waals surface area (Å²) in [6, 6.07) is 10.8. The Kier molecular flexibility index (Phi) is 28.9. The third kappa shape index (κ3) is 26.1. The molecule has 0 saturated carbocycles. The SMILES string of the molecule is CCCCCCCCCCCCCCOC[C@@H](CCc1ccccc1)OCCCCCCCCCCCCCC. The quantitative estimate of drug-likeness (QED) is 0.0819. The van der Waals surface area contributed by atoms with Gasteiger partial charge in [-0.25, -0.2) is 0 Å². The predicted molar refractivity (Wildman–Crippen MR) is 177 cm³/mol. The molecule has 0 aliphatic carbocycles. The lowest BCUT2D eigenvalue weighted by molar-refractivity contribution is -0.0222. The number of unbranched alkanes of at least 4 members (excludes halogenated alkanes) is 22. The van der Waals surface area contributed by atoms with Gasteiger partial charge in [0.2, 0.25) is 0 Å². The average Bonchev–Trinajstić information content (AvgIpc) is 2.98. The molecule has 2 heteroatoms. The monoisotopic (exact) mass is 559 g/mol. The summed E-state index contributed by atoms with van der Waals surface area (Å²) in [6.45, 7) is 7.12. The van der Waals surface area contributed by atoms with Crippen LogP contribution >= 0.6 is 0 Å². The summed E-state index contributed by atoms with van der Waals surface area (Å²) >= 11 is 0. The number of hydrogen-bond acceptors (Lipinski definition) is 2. The molecule has 1 aromatic rings. The van der Waals surface area contributed by atoms with Gasteiger partial charge in [0.05, 0.1) is 12.7 Å². The van der Waals surface area contributed by atoms with Crippen LogP contribution in [0.4, 0.5) is 0 Å². The summed E-state index contributed by atoms with van der Waals surface area (Å²) < 4.78 is 12.5. The van der Waals surface area contributed by atoms with Crippen LogP contribution in [0.15, 0.2) is 30.3 Å². The molecule has 1 rings (SSSR count). The third-order valence-electron chi connectivity index (χ3n) is 8.40. The van der Waals surface area contributed by atoms with Crippen LogP contribution < -0.4 is 0 Å². The second-order valence-corrected chi connectivity index (χ2v) is 12.4. The van der Waals surface area contributed by atoms with Gasteiger partial charge in [0.1, 0.15) is 0 Å². The van der Waals surface area contributed by atoms with Crippen molar-refractivity contribution in [2.24, 2.45) is 0 Å². The maximum absolute atomic E-state index is 6.34. The van der Waals surface area contributed by atoms with Crippen molar-refractivity contribution in [3.63, 3.8) is 0 Å². The van der Waals surface area contributed by atoms with E-state index in [9.17, 15) is 0 Å². The Balaban J connectivity index is 2.04. The second-order valence-electron chi connectivity index (χ2n) is 12.4. The molecule has 0 aliphatic rings. The minimum absolute atomic E-state index is 0.227. The summed E-state index contributed by atoms with van der Waals surface area (Å²) in [6.07, 6.45) is 35.7. The fraction of sp³-hybridized carbons (Fsp3) is 0.842. The molecule has 0 unspecified atom stereocenters. The first-order chi connectivity index (χ1) is 19.9. The predicted octanol–water partition coefficient (Wildman–Crippen LogP) is 12.4. The van der Waals surface area contributed by atoms with Crippen molar-refractivity contribution >= 4 is 0 Å². The van der Waals surface area contributed by atoms with Gasteiger partial charge in [0, 0.05) is 13.2 Å². The minimum atomic E-state index is 0.227. The first-order valence-corrected chi connectivity index (χ1v) is 18.1. The molecule has 0 radical (unpaired) electrons. The molecule has 0 spiro atoms. The van der Waals surface area contributed by atoms with Crippen molar-refractivity contribution in [2.75, 3.05) is 19.8 Å². The van der Waals surface area contributed by atoms with E-state index in [1.807, 2.05) is 0 Å². The zero-order valence-electron chi connectivity index (χ0n) is 27.3. The second kappa shape index (κ2) is 31.1. The standard InChI is InChI=1S/C38H70O2/c1-3-5-7-9-11-13-15-17-19-21-23-28-34-39-36-38(33-32-37-30-26-25-27-31-37)40-35-29-24-22-20-18-16-14-12-10-8-6-4-2/h25-27,30-31,38H,3-24,28-29,32-36H2,1-2H3/t38-/m1/s1. The Morgan fingerprint density at radius 3 is 1.32 bits per heavy atom. The largest absolute Gasteiger partial charge is 0.379 e. The molecule has 0 fully saturated rings. The van der Waals surface area contributed by atoms with Crippen LogP contribution in [0.2, 0.25) is 0 Å². The number of rotatable bonds is 32. The van der Waals surface area contributed by atoms with E-state index in [1.165, 1.54) is 160 Å². The van der Waals surface area contributed by atoms with Crippen molar-refractivity contribution < 1.29 is 9.47 Å².